The van der Waals surface area contributed by atoms with E-state index in [1.54, 1.807) is 12.1 Å². The SMILES string of the molecule is CCCCOc1ccc(N2CCN(S(=O)(=O)C3(C(=O)NO)CCN(C(=O)CC(O)(C(F)(F)F)C(F)(F)F)CC3)CC2)cc1. The molecule has 0 bridgehead atoms. The molecule has 3 rings (SSSR count). The monoisotopic (exact) mass is 648 g/mol. The lowest BCUT2D eigenvalue weighted by atomic mass is 9.92. The number of nitrogens with zero attached hydrogens (tertiary/aromatic N) is 3. The Morgan fingerprint density at radius 1 is 0.953 bits per heavy atom. The van der Waals surface area contributed by atoms with E-state index in [1.165, 1.54) is 5.48 Å². The standard InChI is InChI=1S/C25H34F6N4O7S/c1-2-3-16-42-19-6-4-18(5-7-19)33-12-14-35(15-13-33)43(40,41)22(21(37)32-39)8-10-34(11-9-22)20(36)17-23(38,24(26,27)28)25(29,30)31/h4-7,38-39H,2-3,8-17H2,1H3,(H,32,37). The maximum absolute atomic E-state index is 13.7. The third kappa shape index (κ3) is 6.96. The van der Waals surface area contributed by atoms with Crippen LogP contribution in [0.25, 0.3) is 0 Å². The van der Waals surface area contributed by atoms with Gasteiger partial charge in [0, 0.05) is 45.0 Å². The number of piperazine rings is 1. The van der Waals surface area contributed by atoms with E-state index >= 15 is 0 Å². The van der Waals surface area contributed by atoms with Crippen LogP contribution >= 0.6 is 0 Å². The van der Waals surface area contributed by atoms with Gasteiger partial charge in [-0.25, -0.2) is 13.9 Å². The number of likely N-dealkylation sites (tertiary alicyclic amines) is 1. The van der Waals surface area contributed by atoms with Gasteiger partial charge in [-0.2, -0.15) is 30.6 Å². The Bertz CT molecular complexity index is 1210. The number of hydrogen-bond acceptors (Lipinski definition) is 8. The normalized spacial score (nSPS) is 18.8. The molecule has 0 radical (unpaired) electrons. The van der Waals surface area contributed by atoms with Crippen LogP contribution in [0.15, 0.2) is 24.3 Å². The van der Waals surface area contributed by atoms with Gasteiger partial charge in [-0.15, -0.1) is 0 Å². The van der Waals surface area contributed by atoms with Gasteiger partial charge in [0.25, 0.3) is 11.5 Å². The Labute approximate surface area is 244 Å². The van der Waals surface area contributed by atoms with Crippen molar-refractivity contribution in [3.8, 4) is 5.75 Å². The van der Waals surface area contributed by atoms with Gasteiger partial charge >= 0.3 is 12.4 Å². The summed E-state index contributed by atoms with van der Waals surface area (Å²) in [6, 6.07) is 7.21. The van der Waals surface area contributed by atoms with Crippen molar-refractivity contribution in [1.29, 1.82) is 0 Å². The Hall–Kier alpha value is -2.83. The molecule has 18 heteroatoms. The van der Waals surface area contributed by atoms with Crippen LogP contribution in [0.4, 0.5) is 32.0 Å². The number of carbonyl (C=O) groups is 2. The van der Waals surface area contributed by atoms with Crippen molar-refractivity contribution >= 4 is 27.5 Å². The molecule has 2 amide bonds. The fourth-order valence-corrected chi connectivity index (χ4v) is 7.15. The van der Waals surface area contributed by atoms with Gasteiger partial charge in [-0.1, -0.05) is 13.3 Å². The molecule has 43 heavy (non-hydrogen) atoms. The molecular weight excluding hydrogens is 614 g/mol. The summed E-state index contributed by atoms with van der Waals surface area (Å²) < 4.78 is 110. The minimum atomic E-state index is -6.22. The highest BCUT2D eigenvalue weighted by Crippen LogP contribution is 2.46. The number of unbranched alkanes of at least 4 members (excludes halogenated alkanes) is 1. The van der Waals surface area contributed by atoms with Crippen molar-refractivity contribution < 1.29 is 59.4 Å². The van der Waals surface area contributed by atoms with Crippen molar-refractivity contribution in [2.75, 3.05) is 50.8 Å². The Morgan fingerprint density at radius 3 is 1.95 bits per heavy atom. The number of benzene rings is 1. The van der Waals surface area contributed by atoms with Gasteiger partial charge < -0.3 is 19.6 Å². The van der Waals surface area contributed by atoms with Crippen LogP contribution in [0.1, 0.15) is 39.0 Å². The fourth-order valence-electron chi connectivity index (χ4n) is 5.03. The predicted octanol–water partition coefficient (Wildman–Crippen LogP) is 2.43. The van der Waals surface area contributed by atoms with E-state index < -0.39 is 76.9 Å². The zero-order chi connectivity index (χ0) is 32.3. The zero-order valence-electron chi connectivity index (χ0n) is 23.2. The summed E-state index contributed by atoms with van der Waals surface area (Å²) in [6.45, 7) is 1.50. The summed E-state index contributed by atoms with van der Waals surface area (Å²) in [7, 11) is -4.55. The molecule has 3 N–H and O–H groups in total. The molecule has 2 aliphatic heterocycles. The molecule has 0 unspecified atom stereocenters. The summed E-state index contributed by atoms with van der Waals surface area (Å²) in [5.41, 5.74) is -3.23. The Balaban J connectivity index is 1.70. The maximum atomic E-state index is 13.7. The first kappa shape index (κ1) is 34.7. The molecule has 0 saturated carbocycles. The molecule has 2 heterocycles. The number of sulfonamides is 1. The maximum Gasteiger partial charge on any atom is 0.426 e. The molecule has 0 aliphatic carbocycles. The molecule has 244 valence electrons. The molecule has 1 aromatic rings. The first-order chi connectivity index (χ1) is 19.9. The van der Waals surface area contributed by atoms with E-state index in [9.17, 15) is 54.7 Å². The lowest BCUT2D eigenvalue weighted by Crippen LogP contribution is -2.64. The molecule has 1 aromatic carbocycles. The highest BCUT2D eigenvalue weighted by Gasteiger charge is 2.71. The average Bonchev–Trinajstić information content (AvgIpc) is 2.96. The van der Waals surface area contributed by atoms with Gasteiger partial charge in [0.1, 0.15) is 5.75 Å². The van der Waals surface area contributed by atoms with Crippen molar-refractivity contribution in [2.24, 2.45) is 0 Å². The largest absolute Gasteiger partial charge is 0.494 e. The number of hydroxylamine groups is 1. The highest BCUT2D eigenvalue weighted by molar-refractivity contribution is 7.91. The quantitative estimate of drug-likeness (QED) is 0.152. The summed E-state index contributed by atoms with van der Waals surface area (Å²) in [4.78, 5) is 27.6. The van der Waals surface area contributed by atoms with E-state index in [4.69, 9.17) is 4.74 Å². The summed E-state index contributed by atoms with van der Waals surface area (Å²) in [6.07, 6.45) is -14.4. The number of hydrogen-bond donors (Lipinski definition) is 3. The van der Waals surface area contributed by atoms with Crippen LogP contribution in [-0.4, -0.2) is 108 Å². The number of rotatable bonds is 10. The van der Waals surface area contributed by atoms with Gasteiger partial charge in [0.15, 0.2) is 4.75 Å². The minimum Gasteiger partial charge on any atom is -0.494 e. The number of amides is 2. The lowest BCUT2D eigenvalue weighted by Gasteiger charge is -2.44. The van der Waals surface area contributed by atoms with Crippen LogP contribution in [0.3, 0.4) is 0 Å². The predicted molar refractivity (Wildman–Crippen MR) is 140 cm³/mol. The van der Waals surface area contributed by atoms with E-state index in [2.05, 4.69) is 0 Å². The number of nitrogens with one attached hydrogen (secondary N) is 1. The van der Waals surface area contributed by atoms with Crippen molar-refractivity contribution in [2.45, 2.75) is 61.7 Å². The lowest BCUT2D eigenvalue weighted by molar-refractivity contribution is -0.367. The van der Waals surface area contributed by atoms with E-state index in [-0.39, 0.29) is 26.2 Å². The molecular formula is C25H34F6N4O7S. The van der Waals surface area contributed by atoms with E-state index in [0.29, 0.717) is 17.3 Å². The highest BCUT2D eigenvalue weighted by atomic mass is 32.2. The van der Waals surface area contributed by atoms with Crippen LogP contribution in [-0.2, 0) is 19.6 Å². The molecule has 2 fully saturated rings. The first-order valence-electron chi connectivity index (χ1n) is 13.5. The second-order valence-corrected chi connectivity index (χ2v) is 12.7. The van der Waals surface area contributed by atoms with E-state index in [0.717, 1.165) is 22.8 Å². The van der Waals surface area contributed by atoms with Gasteiger partial charge in [-0.3, -0.25) is 14.8 Å². The Kier molecular flexibility index (Phi) is 10.5. The van der Waals surface area contributed by atoms with Crippen LogP contribution in [0.5, 0.6) is 5.75 Å². The van der Waals surface area contributed by atoms with Crippen LogP contribution in [0.2, 0.25) is 0 Å². The van der Waals surface area contributed by atoms with Crippen LogP contribution in [0, 0.1) is 0 Å². The number of halogens is 6. The average molecular weight is 649 g/mol. The van der Waals surface area contributed by atoms with E-state index in [1.807, 2.05) is 24.0 Å². The number of carbonyl (C=O) groups excluding carboxylic acids is 2. The van der Waals surface area contributed by atoms with Crippen LogP contribution < -0.4 is 15.1 Å². The van der Waals surface area contributed by atoms with Gasteiger partial charge in [0.05, 0.1) is 13.0 Å². The fraction of sp³-hybridized carbons (Fsp3) is 0.680. The molecule has 0 spiro atoms. The van der Waals surface area contributed by atoms with Gasteiger partial charge in [0.2, 0.25) is 15.9 Å². The summed E-state index contributed by atoms with van der Waals surface area (Å²) in [5, 5.41) is 18.7. The number of ether oxygens (including phenoxy) is 1. The molecule has 0 atom stereocenters. The van der Waals surface area contributed by atoms with Crippen molar-refractivity contribution in [1.82, 2.24) is 14.7 Å². The second kappa shape index (κ2) is 13.0. The topological polar surface area (TPSA) is 140 Å². The number of anilines is 1. The minimum absolute atomic E-state index is 0.0651. The third-order valence-corrected chi connectivity index (χ3v) is 10.5. The van der Waals surface area contributed by atoms with Gasteiger partial charge in [-0.05, 0) is 43.5 Å². The molecule has 0 aromatic heterocycles. The second-order valence-electron chi connectivity index (χ2n) is 10.4. The van der Waals surface area contributed by atoms with Crippen molar-refractivity contribution in [3.05, 3.63) is 24.3 Å². The number of aliphatic hydroxyl groups is 1. The molecule has 2 saturated heterocycles. The zero-order valence-corrected chi connectivity index (χ0v) is 24.1. The number of alkyl halides is 6. The third-order valence-electron chi connectivity index (χ3n) is 7.82. The molecule has 2 aliphatic rings. The summed E-state index contributed by atoms with van der Waals surface area (Å²) in [5.74, 6) is -2.40. The smallest absolute Gasteiger partial charge is 0.426 e. The Morgan fingerprint density at radius 2 is 1.49 bits per heavy atom. The number of piperidine rings is 1. The summed E-state index contributed by atoms with van der Waals surface area (Å²) >= 11 is 0. The first-order valence-corrected chi connectivity index (χ1v) is 14.9. The molecule has 11 nitrogen and oxygen atoms in total. The van der Waals surface area contributed by atoms with Crippen molar-refractivity contribution in [3.63, 3.8) is 0 Å².